The van der Waals surface area contributed by atoms with E-state index in [1.807, 2.05) is 0 Å². The van der Waals surface area contributed by atoms with Crippen molar-refractivity contribution < 1.29 is 8.91 Å². The Labute approximate surface area is 54.3 Å². The molecule has 1 aliphatic carbocycles. The third-order valence-corrected chi connectivity index (χ3v) is 1.40. The van der Waals surface area contributed by atoms with Gasteiger partial charge >= 0.3 is 0 Å². The van der Waals surface area contributed by atoms with Crippen LogP contribution in [0.2, 0.25) is 0 Å². The van der Waals surface area contributed by atoms with Crippen molar-refractivity contribution in [2.75, 3.05) is 0 Å². The fourth-order valence-electron chi connectivity index (χ4n) is 0.820. The number of carbonyl (C=O) groups excluding carboxylic acids is 1. The van der Waals surface area contributed by atoms with Crippen molar-refractivity contribution in [1.82, 2.24) is 0 Å². The van der Waals surface area contributed by atoms with E-state index >= 15 is 0 Å². The Kier molecular flexibility index (Phi) is 0.859. The average Bonchev–Trinajstić information content (AvgIpc) is 1.82. The first kappa shape index (κ1) is 3.00. The Morgan fingerprint density at radius 2 is 2.62 bits per heavy atom. The molecule has 1 saturated carbocycles. The molecule has 8 heavy (non-hydrogen) atoms. The highest BCUT2D eigenvalue weighted by Gasteiger charge is 2.16. The summed E-state index contributed by atoms with van der Waals surface area (Å²) in [4.78, 5) is 11.2. The first-order chi connectivity index (χ1) is 4.86. The zero-order valence-electron chi connectivity index (χ0n) is 8.03. The maximum atomic E-state index is 11.2. The monoisotopic (exact) mass is 115 g/mol. The summed E-state index contributed by atoms with van der Waals surface area (Å²) in [6.45, 7) is 1.49. The molecule has 0 heterocycles. The third-order valence-electron chi connectivity index (χ3n) is 1.40. The van der Waals surface area contributed by atoms with Gasteiger partial charge in [0.25, 0.3) is 0 Å². The second-order valence-corrected chi connectivity index (χ2v) is 2.14. The van der Waals surface area contributed by atoms with E-state index in [1.165, 1.54) is 6.92 Å². The standard InChI is InChI=1S/C7H12O/c1-6-4-2-3-5-7(6)8/h6H,2-5H2,1H3/i5D2,6D. The molecule has 0 aromatic rings. The molecule has 0 amide bonds. The van der Waals surface area contributed by atoms with Gasteiger partial charge in [0.05, 0.1) is 0 Å². The molecule has 0 aromatic heterocycles. The van der Waals surface area contributed by atoms with Gasteiger partial charge in [-0.15, -0.1) is 0 Å². The molecule has 0 saturated heterocycles. The van der Waals surface area contributed by atoms with Gasteiger partial charge in [0, 0.05) is 16.4 Å². The zero-order valence-corrected chi connectivity index (χ0v) is 5.03. The molecule has 0 spiro atoms. The summed E-state index contributed by atoms with van der Waals surface area (Å²) in [5.74, 6) is -1.75. The van der Waals surface area contributed by atoms with Crippen molar-refractivity contribution in [1.29, 1.82) is 0 Å². The number of hydrogen-bond donors (Lipinski definition) is 0. The van der Waals surface area contributed by atoms with Gasteiger partial charge in [-0.2, -0.15) is 0 Å². The van der Waals surface area contributed by atoms with Crippen molar-refractivity contribution >= 4 is 5.78 Å². The number of hydrogen-bond acceptors (Lipinski definition) is 1. The van der Waals surface area contributed by atoms with E-state index < -0.39 is 18.1 Å². The van der Waals surface area contributed by atoms with Gasteiger partial charge in [-0.25, -0.2) is 0 Å². The molecule has 1 aliphatic rings. The van der Waals surface area contributed by atoms with Crippen LogP contribution in [-0.4, -0.2) is 5.78 Å². The Balaban J connectivity index is 2.85. The highest BCUT2D eigenvalue weighted by atomic mass is 16.1. The summed E-state index contributed by atoms with van der Waals surface area (Å²) in [6, 6.07) is 0. The Morgan fingerprint density at radius 1 is 1.88 bits per heavy atom. The molecular weight excluding hydrogens is 100 g/mol. The molecule has 0 aromatic carbocycles. The summed E-state index contributed by atoms with van der Waals surface area (Å²) in [5.41, 5.74) is 0. The van der Waals surface area contributed by atoms with Gasteiger partial charge in [0.1, 0.15) is 5.78 Å². The van der Waals surface area contributed by atoms with Crippen molar-refractivity contribution in [2.24, 2.45) is 5.89 Å². The number of rotatable bonds is 0. The molecule has 1 atom stereocenters. The van der Waals surface area contributed by atoms with Crippen LogP contribution in [0.1, 0.15) is 36.7 Å². The second kappa shape index (κ2) is 2.29. The summed E-state index contributed by atoms with van der Waals surface area (Å²) < 4.78 is 22.1. The van der Waals surface area contributed by atoms with Gasteiger partial charge in [-0.1, -0.05) is 13.3 Å². The van der Waals surface area contributed by atoms with E-state index in [0.29, 0.717) is 12.8 Å². The lowest BCUT2D eigenvalue weighted by Crippen LogP contribution is -2.14. The Bertz CT molecular complexity index is 168. The van der Waals surface area contributed by atoms with E-state index in [4.69, 9.17) is 4.11 Å². The molecule has 1 nitrogen and oxygen atoms in total. The summed E-state index contributed by atoms with van der Waals surface area (Å²) >= 11 is 0. The van der Waals surface area contributed by atoms with E-state index in [0.717, 1.165) is 0 Å². The van der Waals surface area contributed by atoms with Crippen LogP contribution >= 0.6 is 0 Å². The zero-order chi connectivity index (χ0) is 8.70. The smallest absolute Gasteiger partial charge is 0.135 e. The molecule has 1 heteroatoms. The van der Waals surface area contributed by atoms with Crippen LogP contribution in [0.3, 0.4) is 0 Å². The minimum atomic E-state index is -1.76. The van der Waals surface area contributed by atoms with Gasteiger partial charge < -0.3 is 0 Å². The van der Waals surface area contributed by atoms with Crippen LogP contribution in [0, 0.1) is 5.89 Å². The number of ketones is 1. The molecular formula is C7H12O. The predicted molar refractivity (Wildman–Crippen MR) is 32.6 cm³/mol. The Hall–Kier alpha value is -0.330. The lowest BCUT2D eigenvalue weighted by atomic mass is 9.90. The average molecular weight is 115 g/mol. The van der Waals surface area contributed by atoms with E-state index in [1.54, 1.807) is 0 Å². The minimum absolute atomic E-state index is 0.278. The molecule has 0 bridgehead atoms. The van der Waals surface area contributed by atoms with Crippen LogP contribution in [0.15, 0.2) is 0 Å². The Morgan fingerprint density at radius 3 is 3.12 bits per heavy atom. The normalized spacial score (nSPS) is 51.6. The topological polar surface area (TPSA) is 17.1 Å². The molecule has 0 N–H and O–H groups in total. The maximum Gasteiger partial charge on any atom is 0.135 e. The van der Waals surface area contributed by atoms with Gasteiger partial charge in [-0.05, 0) is 12.8 Å². The number of Topliss-reactive ketones (excluding diaryl/α,β-unsaturated/α-hetero) is 1. The molecule has 46 valence electrons. The predicted octanol–water partition coefficient (Wildman–Crippen LogP) is 1.77. The van der Waals surface area contributed by atoms with Crippen molar-refractivity contribution in [3.63, 3.8) is 0 Å². The molecule has 0 radical (unpaired) electrons. The maximum absolute atomic E-state index is 11.2. The quantitative estimate of drug-likeness (QED) is 0.470. The van der Waals surface area contributed by atoms with Crippen LogP contribution in [0.4, 0.5) is 0 Å². The molecule has 1 fully saturated rings. The van der Waals surface area contributed by atoms with Crippen molar-refractivity contribution in [3.05, 3.63) is 0 Å². The summed E-state index contributed by atoms with van der Waals surface area (Å²) in [7, 11) is 0. The first-order valence-corrected chi connectivity index (χ1v) is 2.91. The van der Waals surface area contributed by atoms with Gasteiger partial charge in [-0.3, -0.25) is 4.79 Å². The van der Waals surface area contributed by atoms with Crippen LogP contribution in [0.25, 0.3) is 0 Å². The summed E-state index contributed by atoms with van der Waals surface area (Å²) in [5, 5.41) is 0. The van der Waals surface area contributed by atoms with Crippen LogP contribution < -0.4 is 0 Å². The molecule has 1 rings (SSSR count). The summed E-state index contributed by atoms with van der Waals surface area (Å²) in [6.07, 6.45) is -0.348. The van der Waals surface area contributed by atoms with Gasteiger partial charge in [0.15, 0.2) is 0 Å². The largest absolute Gasteiger partial charge is 0.299 e. The molecule has 1 unspecified atom stereocenters. The van der Waals surface area contributed by atoms with Crippen molar-refractivity contribution in [3.8, 4) is 0 Å². The van der Waals surface area contributed by atoms with Crippen LogP contribution in [-0.2, 0) is 4.79 Å². The minimum Gasteiger partial charge on any atom is -0.299 e. The first-order valence-electron chi connectivity index (χ1n) is 4.41. The molecule has 0 aliphatic heterocycles. The van der Waals surface area contributed by atoms with E-state index in [-0.39, 0.29) is 6.42 Å². The SMILES string of the molecule is [2H]C1([2H])CCCC([2H])(C)C1=O. The third kappa shape index (κ3) is 1.09. The van der Waals surface area contributed by atoms with E-state index in [2.05, 4.69) is 0 Å². The highest BCUT2D eigenvalue weighted by Crippen LogP contribution is 2.18. The van der Waals surface area contributed by atoms with Gasteiger partial charge in [0.2, 0.25) is 0 Å². The lowest BCUT2D eigenvalue weighted by Gasteiger charge is -2.14. The lowest BCUT2D eigenvalue weighted by molar-refractivity contribution is -0.123. The fourth-order valence-corrected chi connectivity index (χ4v) is 0.820. The fraction of sp³-hybridized carbons (Fsp3) is 0.857. The van der Waals surface area contributed by atoms with Crippen molar-refractivity contribution in [2.45, 2.75) is 32.6 Å². The van der Waals surface area contributed by atoms with Crippen LogP contribution in [0.5, 0.6) is 0 Å². The number of carbonyl (C=O) groups is 1. The van der Waals surface area contributed by atoms with E-state index in [9.17, 15) is 4.79 Å². The highest BCUT2D eigenvalue weighted by molar-refractivity contribution is 5.81. The second-order valence-electron chi connectivity index (χ2n) is 2.14.